The van der Waals surface area contributed by atoms with Crippen LogP contribution in [0, 0.1) is 6.92 Å². The first kappa shape index (κ1) is 10.4. The van der Waals surface area contributed by atoms with Gasteiger partial charge in [-0.05, 0) is 37.5 Å². The zero-order valence-electron chi connectivity index (χ0n) is 10.1. The molecular weight excluding hydrogens is 210 g/mol. The zero-order valence-corrected chi connectivity index (χ0v) is 10.1. The van der Waals surface area contributed by atoms with Gasteiger partial charge in [-0.15, -0.1) is 0 Å². The van der Waals surface area contributed by atoms with E-state index in [0.29, 0.717) is 0 Å². The smallest absolute Gasteiger partial charge is 0.103 e. The summed E-state index contributed by atoms with van der Waals surface area (Å²) in [7, 11) is 0. The minimum atomic E-state index is 0.962. The molecule has 2 aromatic rings. The van der Waals surface area contributed by atoms with Crippen molar-refractivity contribution >= 4 is 5.69 Å². The number of aromatic nitrogens is 2. The molecule has 88 valence electrons. The lowest BCUT2D eigenvalue weighted by Crippen LogP contribution is -2.17. The number of nitrogens with one attached hydrogen (secondary N) is 1. The molecule has 3 rings (SSSR count). The summed E-state index contributed by atoms with van der Waals surface area (Å²) in [5, 5.41) is 0. The molecule has 0 bridgehead atoms. The maximum absolute atomic E-state index is 4.23. The average molecular weight is 227 g/mol. The van der Waals surface area contributed by atoms with E-state index in [2.05, 4.69) is 39.1 Å². The van der Waals surface area contributed by atoms with Crippen molar-refractivity contribution in [1.82, 2.24) is 9.97 Å². The number of imidazole rings is 1. The second kappa shape index (κ2) is 4.24. The van der Waals surface area contributed by atoms with Crippen LogP contribution >= 0.6 is 0 Å². The van der Waals surface area contributed by atoms with Crippen LogP contribution in [-0.4, -0.2) is 23.1 Å². The number of anilines is 1. The van der Waals surface area contributed by atoms with Gasteiger partial charge in [0.05, 0.1) is 11.9 Å². The summed E-state index contributed by atoms with van der Waals surface area (Å²) < 4.78 is 0. The van der Waals surface area contributed by atoms with Gasteiger partial charge in [0.2, 0.25) is 0 Å². The van der Waals surface area contributed by atoms with Gasteiger partial charge in [0, 0.05) is 18.8 Å². The molecule has 3 heteroatoms. The minimum absolute atomic E-state index is 0.962. The van der Waals surface area contributed by atoms with Crippen molar-refractivity contribution in [2.24, 2.45) is 0 Å². The van der Waals surface area contributed by atoms with E-state index in [1.165, 1.54) is 37.2 Å². The van der Waals surface area contributed by atoms with Crippen molar-refractivity contribution in [3.8, 4) is 11.3 Å². The summed E-state index contributed by atoms with van der Waals surface area (Å²) in [6.07, 6.45) is 4.53. The van der Waals surface area contributed by atoms with Gasteiger partial charge in [-0.2, -0.15) is 0 Å². The molecule has 3 nitrogen and oxygen atoms in total. The molecule has 0 aliphatic carbocycles. The van der Waals surface area contributed by atoms with Crippen LogP contribution in [0.2, 0.25) is 0 Å². The molecule has 1 aromatic heterocycles. The third kappa shape index (κ3) is 2.05. The quantitative estimate of drug-likeness (QED) is 0.855. The summed E-state index contributed by atoms with van der Waals surface area (Å²) in [6.45, 7) is 4.37. The van der Waals surface area contributed by atoms with E-state index in [1.807, 2.05) is 13.1 Å². The Hall–Kier alpha value is -1.77. The predicted molar refractivity (Wildman–Crippen MR) is 70.2 cm³/mol. The highest BCUT2D eigenvalue weighted by molar-refractivity contribution is 5.62. The van der Waals surface area contributed by atoms with E-state index in [1.54, 1.807) is 0 Å². The number of aromatic amines is 1. The van der Waals surface area contributed by atoms with Crippen molar-refractivity contribution in [2.45, 2.75) is 19.8 Å². The molecule has 0 spiro atoms. The average Bonchev–Trinajstić information content (AvgIpc) is 3.00. The van der Waals surface area contributed by atoms with E-state index in [0.717, 1.165) is 11.5 Å². The Morgan fingerprint density at radius 2 is 1.82 bits per heavy atom. The van der Waals surface area contributed by atoms with Crippen molar-refractivity contribution < 1.29 is 0 Å². The van der Waals surface area contributed by atoms with Crippen LogP contribution in [0.15, 0.2) is 30.5 Å². The molecule has 17 heavy (non-hydrogen) atoms. The lowest BCUT2D eigenvalue weighted by atomic mass is 10.1. The monoisotopic (exact) mass is 227 g/mol. The first-order valence-electron chi connectivity index (χ1n) is 6.20. The number of rotatable bonds is 2. The fraction of sp³-hybridized carbons (Fsp3) is 0.357. The van der Waals surface area contributed by atoms with Gasteiger partial charge in [-0.1, -0.05) is 12.1 Å². The number of aryl methyl sites for hydroxylation is 1. The van der Waals surface area contributed by atoms with E-state index in [4.69, 9.17) is 0 Å². The van der Waals surface area contributed by atoms with Gasteiger partial charge < -0.3 is 9.88 Å². The molecule has 1 fully saturated rings. The standard InChI is InChI=1S/C14H17N3/c1-11-15-10-14(16-11)12-4-6-13(7-5-12)17-8-2-3-9-17/h4-7,10H,2-3,8-9H2,1H3,(H,15,16). The van der Waals surface area contributed by atoms with Crippen molar-refractivity contribution in [3.63, 3.8) is 0 Å². The molecule has 2 heterocycles. The minimum Gasteiger partial charge on any atom is -0.372 e. The van der Waals surface area contributed by atoms with E-state index < -0.39 is 0 Å². The second-order valence-corrected chi connectivity index (χ2v) is 4.62. The number of nitrogens with zero attached hydrogens (tertiary/aromatic N) is 2. The number of hydrogen-bond acceptors (Lipinski definition) is 2. The van der Waals surface area contributed by atoms with E-state index >= 15 is 0 Å². The summed E-state index contributed by atoms with van der Waals surface area (Å²) in [5.41, 5.74) is 3.63. The van der Waals surface area contributed by atoms with Crippen LogP contribution in [0.25, 0.3) is 11.3 Å². The molecule has 1 aromatic carbocycles. The Bertz CT molecular complexity index is 492. The molecule has 0 unspecified atom stereocenters. The Balaban J connectivity index is 1.84. The lowest BCUT2D eigenvalue weighted by Gasteiger charge is -2.17. The molecule has 0 saturated carbocycles. The van der Waals surface area contributed by atoms with Crippen LogP contribution in [0.4, 0.5) is 5.69 Å². The van der Waals surface area contributed by atoms with Gasteiger partial charge >= 0.3 is 0 Å². The largest absolute Gasteiger partial charge is 0.372 e. The van der Waals surface area contributed by atoms with Gasteiger partial charge in [-0.3, -0.25) is 0 Å². The molecular formula is C14H17N3. The highest BCUT2D eigenvalue weighted by Crippen LogP contribution is 2.24. The first-order valence-corrected chi connectivity index (χ1v) is 6.20. The molecule has 0 amide bonds. The SMILES string of the molecule is Cc1ncc(-c2ccc(N3CCCC3)cc2)[nH]1. The summed E-state index contributed by atoms with van der Waals surface area (Å²) in [5.74, 6) is 0.962. The molecule has 0 radical (unpaired) electrons. The highest BCUT2D eigenvalue weighted by Gasteiger charge is 2.12. The summed E-state index contributed by atoms with van der Waals surface area (Å²) in [4.78, 5) is 9.93. The third-order valence-electron chi connectivity index (χ3n) is 3.35. The molecule has 1 aliphatic heterocycles. The second-order valence-electron chi connectivity index (χ2n) is 4.62. The van der Waals surface area contributed by atoms with Crippen molar-refractivity contribution in [2.75, 3.05) is 18.0 Å². The summed E-state index contributed by atoms with van der Waals surface area (Å²) in [6, 6.07) is 8.74. The molecule has 0 atom stereocenters. The number of benzene rings is 1. The van der Waals surface area contributed by atoms with Crippen LogP contribution in [0.3, 0.4) is 0 Å². The Morgan fingerprint density at radius 1 is 1.12 bits per heavy atom. The van der Waals surface area contributed by atoms with Gasteiger partial charge in [0.25, 0.3) is 0 Å². The van der Waals surface area contributed by atoms with Crippen LogP contribution < -0.4 is 4.90 Å². The van der Waals surface area contributed by atoms with Crippen LogP contribution in [0.5, 0.6) is 0 Å². The first-order chi connectivity index (χ1) is 8.33. The normalized spacial score (nSPS) is 15.5. The third-order valence-corrected chi connectivity index (χ3v) is 3.35. The Kier molecular flexibility index (Phi) is 2.59. The van der Waals surface area contributed by atoms with E-state index in [9.17, 15) is 0 Å². The maximum atomic E-state index is 4.23. The maximum Gasteiger partial charge on any atom is 0.103 e. The van der Waals surface area contributed by atoms with Gasteiger partial charge in [0.15, 0.2) is 0 Å². The fourth-order valence-electron chi connectivity index (χ4n) is 2.39. The van der Waals surface area contributed by atoms with E-state index in [-0.39, 0.29) is 0 Å². The van der Waals surface area contributed by atoms with Crippen LogP contribution in [-0.2, 0) is 0 Å². The predicted octanol–water partition coefficient (Wildman–Crippen LogP) is 2.99. The van der Waals surface area contributed by atoms with Gasteiger partial charge in [0.1, 0.15) is 5.82 Å². The van der Waals surface area contributed by atoms with Crippen molar-refractivity contribution in [1.29, 1.82) is 0 Å². The Labute approximate surface area is 101 Å². The van der Waals surface area contributed by atoms with Gasteiger partial charge in [-0.25, -0.2) is 4.98 Å². The lowest BCUT2D eigenvalue weighted by molar-refractivity contribution is 0.949. The highest BCUT2D eigenvalue weighted by atomic mass is 15.1. The summed E-state index contributed by atoms with van der Waals surface area (Å²) >= 11 is 0. The van der Waals surface area contributed by atoms with Crippen molar-refractivity contribution in [3.05, 3.63) is 36.3 Å². The van der Waals surface area contributed by atoms with Crippen LogP contribution in [0.1, 0.15) is 18.7 Å². The molecule has 1 N–H and O–H groups in total. The topological polar surface area (TPSA) is 31.9 Å². The zero-order chi connectivity index (χ0) is 11.7. The molecule has 1 saturated heterocycles. The number of H-pyrrole nitrogens is 1. The molecule has 1 aliphatic rings. The number of hydrogen-bond donors (Lipinski definition) is 1. The Morgan fingerprint density at radius 3 is 2.41 bits per heavy atom. The fourth-order valence-corrected chi connectivity index (χ4v) is 2.39.